The summed E-state index contributed by atoms with van der Waals surface area (Å²) < 4.78 is 2.09. The van der Waals surface area contributed by atoms with Gasteiger partial charge in [-0.3, -0.25) is 4.90 Å². The van der Waals surface area contributed by atoms with Gasteiger partial charge in [-0.05, 0) is 39.5 Å². The first-order valence-electron chi connectivity index (χ1n) is 7.21. The lowest BCUT2D eigenvalue weighted by atomic mass is 9.86. The number of nitrogens with two attached hydrogens (primary N) is 1. The van der Waals surface area contributed by atoms with Gasteiger partial charge >= 0.3 is 0 Å². The van der Waals surface area contributed by atoms with Gasteiger partial charge in [0.15, 0.2) is 0 Å². The predicted molar refractivity (Wildman–Crippen MR) is 77.8 cm³/mol. The molecule has 0 spiro atoms. The molecule has 0 bridgehead atoms. The van der Waals surface area contributed by atoms with Crippen LogP contribution in [0.5, 0.6) is 0 Å². The molecule has 0 amide bonds. The molecule has 0 atom stereocenters. The molecule has 0 saturated carbocycles. The summed E-state index contributed by atoms with van der Waals surface area (Å²) in [6.07, 6.45) is 6.16. The molecule has 1 aromatic heterocycles. The molecule has 1 fully saturated rings. The highest BCUT2D eigenvalue weighted by atomic mass is 15.2. The van der Waals surface area contributed by atoms with Crippen LogP contribution in [0.25, 0.3) is 0 Å². The standard InChI is InChI=1S/C14H27N5/c1-4-19-8-5-14(12-15,6-9-19)18(3)11-13-16-7-10-17(13)2/h7,10H,4-6,8-9,11-12,15H2,1-3H3. The third-order valence-electron chi connectivity index (χ3n) is 4.72. The maximum atomic E-state index is 6.11. The number of piperidine rings is 1. The number of hydrogen-bond donors (Lipinski definition) is 1. The zero-order valence-electron chi connectivity index (χ0n) is 12.5. The minimum absolute atomic E-state index is 0.137. The van der Waals surface area contributed by atoms with Crippen molar-refractivity contribution in [3.8, 4) is 0 Å². The smallest absolute Gasteiger partial charge is 0.122 e. The second-order valence-corrected chi connectivity index (χ2v) is 5.67. The van der Waals surface area contributed by atoms with Gasteiger partial charge in [0, 0.05) is 31.5 Å². The monoisotopic (exact) mass is 265 g/mol. The van der Waals surface area contributed by atoms with E-state index in [2.05, 4.69) is 33.3 Å². The highest BCUT2D eigenvalue weighted by Gasteiger charge is 2.36. The molecule has 0 unspecified atom stereocenters. The van der Waals surface area contributed by atoms with Crippen LogP contribution in [0.4, 0.5) is 0 Å². The summed E-state index contributed by atoms with van der Waals surface area (Å²) in [7, 11) is 4.23. The number of nitrogens with zero attached hydrogens (tertiary/aromatic N) is 4. The Labute approximate surface area is 116 Å². The summed E-state index contributed by atoms with van der Waals surface area (Å²) in [5.41, 5.74) is 6.24. The maximum absolute atomic E-state index is 6.11. The number of imidazole rings is 1. The first-order valence-corrected chi connectivity index (χ1v) is 7.21. The lowest BCUT2D eigenvalue weighted by Gasteiger charge is -2.46. The van der Waals surface area contributed by atoms with E-state index in [-0.39, 0.29) is 5.54 Å². The number of aromatic nitrogens is 2. The van der Waals surface area contributed by atoms with Gasteiger partial charge in [-0.2, -0.15) is 0 Å². The third-order valence-corrected chi connectivity index (χ3v) is 4.72. The van der Waals surface area contributed by atoms with Gasteiger partial charge in [-0.1, -0.05) is 6.92 Å². The van der Waals surface area contributed by atoms with Crippen LogP contribution in [-0.2, 0) is 13.6 Å². The molecule has 2 rings (SSSR count). The van der Waals surface area contributed by atoms with Gasteiger partial charge in [-0.25, -0.2) is 4.98 Å². The summed E-state index contributed by atoms with van der Waals surface area (Å²) >= 11 is 0. The Morgan fingerprint density at radius 2 is 2.11 bits per heavy atom. The Morgan fingerprint density at radius 3 is 2.58 bits per heavy atom. The molecule has 5 nitrogen and oxygen atoms in total. The van der Waals surface area contributed by atoms with Gasteiger partial charge in [0.25, 0.3) is 0 Å². The van der Waals surface area contributed by atoms with E-state index in [9.17, 15) is 0 Å². The molecule has 1 saturated heterocycles. The summed E-state index contributed by atoms with van der Waals surface area (Å²) in [5.74, 6) is 1.10. The van der Waals surface area contributed by atoms with Gasteiger partial charge in [0.2, 0.25) is 0 Å². The second-order valence-electron chi connectivity index (χ2n) is 5.67. The first kappa shape index (κ1) is 14.5. The number of likely N-dealkylation sites (tertiary alicyclic amines) is 1. The Balaban J connectivity index is 2.03. The van der Waals surface area contributed by atoms with Crippen LogP contribution < -0.4 is 5.73 Å². The van der Waals surface area contributed by atoms with Crippen LogP contribution in [0.15, 0.2) is 12.4 Å². The highest BCUT2D eigenvalue weighted by molar-refractivity contribution is 4.99. The Kier molecular flexibility index (Phi) is 4.60. The first-order chi connectivity index (χ1) is 9.11. The minimum Gasteiger partial charge on any atom is -0.337 e. The maximum Gasteiger partial charge on any atom is 0.122 e. The lowest BCUT2D eigenvalue weighted by Crippen LogP contribution is -2.57. The van der Waals surface area contributed by atoms with Crippen molar-refractivity contribution in [2.75, 3.05) is 33.2 Å². The fraction of sp³-hybridized carbons (Fsp3) is 0.786. The average Bonchev–Trinajstić information content (AvgIpc) is 2.84. The molecule has 0 aromatic carbocycles. The van der Waals surface area contributed by atoms with Crippen LogP contribution in [0, 0.1) is 0 Å². The minimum atomic E-state index is 0.137. The van der Waals surface area contributed by atoms with Crippen LogP contribution in [0.2, 0.25) is 0 Å². The summed E-state index contributed by atoms with van der Waals surface area (Å²) in [6.45, 7) is 7.27. The van der Waals surface area contributed by atoms with Gasteiger partial charge < -0.3 is 15.2 Å². The van der Waals surface area contributed by atoms with E-state index in [1.54, 1.807) is 0 Å². The molecule has 0 aliphatic carbocycles. The van der Waals surface area contributed by atoms with Crippen LogP contribution >= 0.6 is 0 Å². The van der Waals surface area contributed by atoms with Gasteiger partial charge in [0.05, 0.1) is 6.54 Å². The molecular weight excluding hydrogens is 238 g/mol. The highest BCUT2D eigenvalue weighted by Crippen LogP contribution is 2.28. The molecule has 2 heterocycles. The Bertz CT molecular complexity index is 392. The molecule has 0 radical (unpaired) electrons. The average molecular weight is 265 g/mol. The van der Waals surface area contributed by atoms with Crippen molar-refractivity contribution >= 4 is 0 Å². The van der Waals surface area contributed by atoms with Crippen molar-refractivity contribution in [3.63, 3.8) is 0 Å². The largest absolute Gasteiger partial charge is 0.337 e. The fourth-order valence-electron chi connectivity index (χ4n) is 2.96. The zero-order valence-corrected chi connectivity index (χ0v) is 12.5. The quantitative estimate of drug-likeness (QED) is 0.850. The van der Waals surface area contributed by atoms with Crippen LogP contribution in [0.1, 0.15) is 25.6 Å². The van der Waals surface area contributed by atoms with Crippen molar-refractivity contribution in [3.05, 3.63) is 18.2 Å². The predicted octanol–water partition coefficient (Wildman–Crippen LogP) is 0.665. The van der Waals surface area contributed by atoms with Gasteiger partial charge in [-0.15, -0.1) is 0 Å². The van der Waals surface area contributed by atoms with Crippen molar-refractivity contribution in [2.24, 2.45) is 12.8 Å². The summed E-state index contributed by atoms with van der Waals surface area (Å²) in [4.78, 5) is 9.32. The van der Waals surface area contributed by atoms with Crippen molar-refractivity contribution in [1.29, 1.82) is 0 Å². The number of aryl methyl sites for hydroxylation is 1. The topological polar surface area (TPSA) is 50.3 Å². The number of hydrogen-bond acceptors (Lipinski definition) is 4. The van der Waals surface area contributed by atoms with Crippen molar-refractivity contribution < 1.29 is 0 Å². The van der Waals surface area contributed by atoms with Crippen molar-refractivity contribution in [2.45, 2.75) is 31.8 Å². The number of likely N-dealkylation sites (N-methyl/N-ethyl adjacent to an activating group) is 1. The second kappa shape index (κ2) is 6.03. The number of rotatable bonds is 5. The van der Waals surface area contributed by atoms with E-state index >= 15 is 0 Å². The van der Waals surface area contributed by atoms with E-state index in [1.807, 2.05) is 19.4 Å². The molecule has 19 heavy (non-hydrogen) atoms. The summed E-state index contributed by atoms with van der Waals surface area (Å²) in [5, 5.41) is 0. The SMILES string of the molecule is CCN1CCC(CN)(N(C)Cc2nccn2C)CC1. The third kappa shape index (κ3) is 2.99. The molecule has 2 N–H and O–H groups in total. The molecule has 1 aliphatic rings. The molecule has 5 heteroatoms. The Hall–Kier alpha value is -0.910. The lowest BCUT2D eigenvalue weighted by molar-refractivity contribution is 0.0397. The summed E-state index contributed by atoms with van der Waals surface area (Å²) in [6, 6.07) is 0. The van der Waals surface area contributed by atoms with E-state index in [0.717, 1.165) is 51.4 Å². The fourth-order valence-corrected chi connectivity index (χ4v) is 2.96. The van der Waals surface area contributed by atoms with Gasteiger partial charge in [0.1, 0.15) is 5.82 Å². The molecule has 1 aromatic rings. The zero-order chi connectivity index (χ0) is 13.9. The van der Waals surface area contributed by atoms with Crippen LogP contribution in [0.3, 0.4) is 0 Å². The molecular formula is C14H27N5. The Morgan fingerprint density at radius 1 is 1.42 bits per heavy atom. The molecule has 108 valence electrons. The van der Waals surface area contributed by atoms with Crippen molar-refractivity contribution in [1.82, 2.24) is 19.4 Å². The normalized spacial score (nSPS) is 20.1. The van der Waals surface area contributed by atoms with Crippen LogP contribution in [-0.4, -0.2) is 58.1 Å². The van der Waals surface area contributed by atoms with E-state index < -0.39 is 0 Å². The van der Waals surface area contributed by atoms with E-state index in [0.29, 0.717) is 0 Å². The van der Waals surface area contributed by atoms with E-state index in [1.165, 1.54) is 0 Å². The van der Waals surface area contributed by atoms with E-state index in [4.69, 9.17) is 5.73 Å². The molecule has 1 aliphatic heterocycles.